The molecule has 0 N–H and O–H groups in total. The minimum absolute atomic E-state index is 0.149. The Balaban J connectivity index is 4.11. The highest BCUT2D eigenvalue weighted by Crippen LogP contribution is 2.26. The maximum atomic E-state index is 6.00. The molecule has 0 aliphatic carbocycles. The summed E-state index contributed by atoms with van der Waals surface area (Å²) in [4.78, 5) is 0. The van der Waals surface area contributed by atoms with Crippen LogP contribution in [-0.2, 0) is 9.47 Å². The number of hydrogen-bond donors (Lipinski definition) is 0. The largest absolute Gasteiger partial charge is 0.344 e. The highest BCUT2D eigenvalue weighted by atomic mass is 16.7. The van der Waals surface area contributed by atoms with Crippen LogP contribution in [0.1, 0.15) is 86.0 Å². The van der Waals surface area contributed by atoms with E-state index in [-0.39, 0.29) is 12.2 Å². The SMILES string of the molecule is C=CC(CCCCCCCCC)(OC(C)C)OC(C)C. The van der Waals surface area contributed by atoms with Crippen molar-refractivity contribution in [2.75, 3.05) is 0 Å². The topological polar surface area (TPSA) is 18.5 Å². The second-order valence-electron chi connectivity index (χ2n) is 6.22. The fourth-order valence-corrected chi connectivity index (χ4v) is 2.47. The molecule has 0 aromatic heterocycles. The average Bonchev–Trinajstić information content (AvgIpc) is 2.36. The van der Waals surface area contributed by atoms with Gasteiger partial charge in [0.2, 0.25) is 0 Å². The summed E-state index contributed by atoms with van der Waals surface area (Å²) in [6.45, 7) is 14.4. The summed E-state index contributed by atoms with van der Waals surface area (Å²) in [6, 6.07) is 0. The molecule has 0 fully saturated rings. The van der Waals surface area contributed by atoms with Gasteiger partial charge in [-0.15, -0.1) is 0 Å². The second-order valence-corrected chi connectivity index (χ2v) is 6.22. The van der Waals surface area contributed by atoms with E-state index in [1.165, 1.54) is 38.5 Å². The summed E-state index contributed by atoms with van der Waals surface area (Å²) in [5, 5.41) is 0. The quantitative estimate of drug-likeness (QED) is 0.239. The molecule has 120 valence electrons. The lowest BCUT2D eigenvalue weighted by Gasteiger charge is -2.34. The molecule has 20 heavy (non-hydrogen) atoms. The van der Waals surface area contributed by atoms with E-state index in [9.17, 15) is 0 Å². The van der Waals surface area contributed by atoms with Gasteiger partial charge in [0, 0.05) is 6.42 Å². The Hall–Kier alpha value is -0.340. The molecular weight excluding hydrogens is 248 g/mol. The summed E-state index contributed by atoms with van der Waals surface area (Å²) in [6.07, 6.45) is 12.1. The highest BCUT2D eigenvalue weighted by molar-refractivity contribution is 4.90. The molecule has 0 bridgehead atoms. The molecule has 0 rings (SSSR count). The standard InChI is InChI=1S/C18H36O2/c1-7-9-10-11-12-13-14-15-18(8-2,19-16(3)4)20-17(5)6/h8,16-17H,2,7,9-15H2,1,3-6H3. The van der Waals surface area contributed by atoms with E-state index < -0.39 is 5.79 Å². The van der Waals surface area contributed by atoms with Crippen molar-refractivity contribution >= 4 is 0 Å². The molecule has 0 radical (unpaired) electrons. The molecule has 0 aliphatic rings. The number of hydrogen-bond acceptors (Lipinski definition) is 2. The van der Waals surface area contributed by atoms with Crippen LogP contribution in [0.5, 0.6) is 0 Å². The number of ether oxygens (including phenoxy) is 2. The van der Waals surface area contributed by atoms with Gasteiger partial charge in [-0.2, -0.15) is 0 Å². The average molecular weight is 284 g/mol. The molecule has 0 unspecified atom stereocenters. The number of unbranched alkanes of at least 4 members (excludes halogenated alkanes) is 6. The van der Waals surface area contributed by atoms with Gasteiger partial charge in [0.05, 0.1) is 12.2 Å². The molecule has 2 nitrogen and oxygen atoms in total. The first kappa shape index (κ1) is 19.7. The zero-order chi connectivity index (χ0) is 15.4. The Morgan fingerprint density at radius 1 is 0.850 bits per heavy atom. The Bertz CT molecular complexity index is 224. The van der Waals surface area contributed by atoms with Crippen molar-refractivity contribution < 1.29 is 9.47 Å². The molecule has 0 atom stereocenters. The van der Waals surface area contributed by atoms with Gasteiger partial charge in [0.15, 0.2) is 5.79 Å². The van der Waals surface area contributed by atoms with Gasteiger partial charge in [0.1, 0.15) is 0 Å². The maximum absolute atomic E-state index is 6.00. The van der Waals surface area contributed by atoms with Crippen LogP contribution in [0.3, 0.4) is 0 Å². The van der Waals surface area contributed by atoms with Crippen LogP contribution in [0, 0.1) is 0 Å². The zero-order valence-electron chi connectivity index (χ0n) is 14.4. The van der Waals surface area contributed by atoms with Crippen molar-refractivity contribution in [3.63, 3.8) is 0 Å². The molecule has 0 saturated heterocycles. The van der Waals surface area contributed by atoms with Crippen LogP contribution in [0.15, 0.2) is 12.7 Å². The predicted molar refractivity (Wildman–Crippen MR) is 88.0 cm³/mol. The Morgan fingerprint density at radius 2 is 1.30 bits per heavy atom. The number of rotatable bonds is 13. The Kier molecular flexibility index (Phi) is 11.1. The molecule has 0 saturated carbocycles. The van der Waals surface area contributed by atoms with Crippen LogP contribution in [0.25, 0.3) is 0 Å². The van der Waals surface area contributed by atoms with Crippen LogP contribution in [-0.4, -0.2) is 18.0 Å². The van der Waals surface area contributed by atoms with E-state index >= 15 is 0 Å². The van der Waals surface area contributed by atoms with E-state index in [4.69, 9.17) is 9.47 Å². The molecule has 2 heteroatoms. The lowest BCUT2D eigenvalue weighted by atomic mass is 10.0. The van der Waals surface area contributed by atoms with Gasteiger partial charge >= 0.3 is 0 Å². The normalized spacial score (nSPS) is 12.3. The van der Waals surface area contributed by atoms with Gasteiger partial charge in [-0.05, 0) is 40.2 Å². The zero-order valence-corrected chi connectivity index (χ0v) is 14.4. The van der Waals surface area contributed by atoms with E-state index in [1.54, 1.807) is 0 Å². The van der Waals surface area contributed by atoms with Gasteiger partial charge in [0.25, 0.3) is 0 Å². The predicted octanol–water partition coefficient (Wildman–Crippen LogP) is 5.86. The van der Waals surface area contributed by atoms with Gasteiger partial charge in [-0.25, -0.2) is 0 Å². The monoisotopic (exact) mass is 284 g/mol. The fourth-order valence-electron chi connectivity index (χ4n) is 2.47. The highest BCUT2D eigenvalue weighted by Gasteiger charge is 2.30. The fraction of sp³-hybridized carbons (Fsp3) is 0.889. The van der Waals surface area contributed by atoms with E-state index in [0.717, 1.165) is 12.8 Å². The summed E-state index contributed by atoms with van der Waals surface area (Å²) >= 11 is 0. The lowest BCUT2D eigenvalue weighted by molar-refractivity contribution is -0.241. The van der Waals surface area contributed by atoms with E-state index in [2.05, 4.69) is 13.5 Å². The van der Waals surface area contributed by atoms with Crippen molar-refractivity contribution in [3.8, 4) is 0 Å². The van der Waals surface area contributed by atoms with Gasteiger partial charge in [-0.3, -0.25) is 0 Å². The van der Waals surface area contributed by atoms with Crippen LogP contribution in [0.4, 0.5) is 0 Å². The Labute approximate surface area is 126 Å². The molecular formula is C18H36O2. The third kappa shape index (κ3) is 9.55. The molecule has 0 aliphatic heterocycles. The van der Waals surface area contributed by atoms with Crippen molar-refractivity contribution in [1.82, 2.24) is 0 Å². The second kappa shape index (κ2) is 11.3. The third-order valence-corrected chi connectivity index (χ3v) is 3.31. The van der Waals surface area contributed by atoms with Crippen molar-refractivity contribution in [2.45, 2.75) is 104 Å². The summed E-state index contributed by atoms with van der Waals surface area (Å²) in [7, 11) is 0. The van der Waals surface area contributed by atoms with Crippen molar-refractivity contribution in [3.05, 3.63) is 12.7 Å². The van der Waals surface area contributed by atoms with Crippen molar-refractivity contribution in [1.29, 1.82) is 0 Å². The first-order chi connectivity index (χ1) is 9.45. The maximum Gasteiger partial charge on any atom is 0.188 e. The summed E-state index contributed by atoms with van der Waals surface area (Å²) in [5.41, 5.74) is 0. The molecule has 0 aromatic rings. The van der Waals surface area contributed by atoms with Gasteiger partial charge < -0.3 is 9.47 Å². The third-order valence-electron chi connectivity index (χ3n) is 3.31. The Morgan fingerprint density at radius 3 is 1.70 bits per heavy atom. The smallest absolute Gasteiger partial charge is 0.188 e. The summed E-state index contributed by atoms with van der Waals surface area (Å²) < 4.78 is 12.0. The van der Waals surface area contributed by atoms with Crippen LogP contribution >= 0.6 is 0 Å². The van der Waals surface area contributed by atoms with Crippen LogP contribution in [0.2, 0.25) is 0 Å². The first-order valence-electron chi connectivity index (χ1n) is 8.45. The van der Waals surface area contributed by atoms with E-state index in [0.29, 0.717) is 0 Å². The molecule has 0 aromatic carbocycles. The van der Waals surface area contributed by atoms with Gasteiger partial charge in [-0.1, -0.05) is 52.0 Å². The van der Waals surface area contributed by atoms with Crippen LogP contribution < -0.4 is 0 Å². The first-order valence-corrected chi connectivity index (χ1v) is 8.45. The molecule has 0 amide bonds. The minimum atomic E-state index is -0.605. The molecule has 0 heterocycles. The minimum Gasteiger partial charge on any atom is -0.344 e. The van der Waals surface area contributed by atoms with Crippen molar-refractivity contribution in [2.24, 2.45) is 0 Å². The lowest BCUT2D eigenvalue weighted by Crippen LogP contribution is -2.38. The molecule has 0 spiro atoms. The summed E-state index contributed by atoms with van der Waals surface area (Å²) in [5.74, 6) is -0.605. The van der Waals surface area contributed by atoms with E-state index in [1.807, 2.05) is 33.8 Å².